The number of amides is 2. The molecule has 0 bridgehead atoms. The van der Waals surface area contributed by atoms with Gasteiger partial charge in [-0.25, -0.2) is 9.18 Å². The number of rotatable bonds is 4. The quantitative estimate of drug-likeness (QED) is 0.549. The summed E-state index contributed by atoms with van der Waals surface area (Å²) in [5, 5.41) is 6.70. The highest BCUT2D eigenvalue weighted by molar-refractivity contribution is 5.88. The number of carbonyl (C=O) groups excluding carboxylic acids is 2. The Morgan fingerprint density at radius 3 is 2.44 bits per heavy atom. The summed E-state index contributed by atoms with van der Waals surface area (Å²) in [6.45, 7) is 4.58. The number of hydrogen-bond acceptors (Lipinski definition) is 5. The second-order valence-corrected chi connectivity index (χ2v) is 10.8. The number of nitrogens with one attached hydrogen (secondary N) is 1. The van der Waals surface area contributed by atoms with Gasteiger partial charge in [-0.15, -0.1) is 5.10 Å². The largest absolute Gasteiger partial charge is 0.416 e. The van der Waals surface area contributed by atoms with Gasteiger partial charge in [0.1, 0.15) is 6.17 Å². The van der Waals surface area contributed by atoms with Crippen LogP contribution in [0, 0.1) is 0 Å². The van der Waals surface area contributed by atoms with Crippen LogP contribution in [-0.4, -0.2) is 76.0 Å². The lowest BCUT2D eigenvalue weighted by atomic mass is 9.84. The van der Waals surface area contributed by atoms with Crippen molar-refractivity contribution in [1.82, 2.24) is 19.6 Å². The SMILES string of the molecule is CC(=O)Nc1ccn(C(=O)N2CCC3(CCCN3Cc3ccc(C(F)(F)F)cc3N3CCC(F)CC3)CC2)n1. The number of halogens is 4. The number of hydrogen-bond donors (Lipinski definition) is 1. The minimum Gasteiger partial charge on any atom is -0.371 e. The maximum atomic E-state index is 13.8. The van der Waals surface area contributed by atoms with Gasteiger partial charge in [-0.1, -0.05) is 6.07 Å². The van der Waals surface area contributed by atoms with Crippen LogP contribution >= 0.6 is 0 Å². The molecule has 2 amide bonds. The van der Waals surface area contributed by atoms with Crippen LogP contribution in [-0.2, 0) is 17.5 Å². The van der Waals surface area contributed by atoms with E-state index in [9.17, 15) is 27.2 Å². The van der Waals surface area contributed by atoms with E-state index in [1.54, 1.807) is 17.0 Å². The van der Waals surface area contributed by atoms with Crippen LogP contribution in [0.5, 0.6) is 0 Å². The normalized spacial score (nSPS) is 20.5. The number of carbonyl (C=O) groups is 2. The fraction of sp³-hybridized carbons (Fsp3) is 0.593. The predicted octanol–water partition coefficient (Wildman–Crippen LogP) is 4.90. The van der Waals surface area contributed by atoms with E-state index in [0.29, 0.717) is 57.1 Å². The summed E-state index contributed by atoms with van der Waals surface area (Å²) < 4.78 is 55.7. The maximum absolute atomic E-state index is 13.8. The predicted molar refractivity (Wildman–Crippen MR) is 138 cm³/mol. The first kappa shape index (κ1) is 27.4. The van der Waals surface area contributed by atoms with Gasteiger partial charge in [-0.3, -0.25) is 9.69 Å². The lowest BCUT2D eigenvalue weighted by Crippen LogP contribution is -2.53. The van der Waals surface area contributed by atoms with Crippen molar-refractivity contribution in [2.75, 3.05) is 42.9 Å². The molecule has 212 valence electrons. The van der Waals surface area contributed by atoms with Crippen molar-refractivity contribution in [3.63, 3.8) is 0 Å². The van der Waals surface area contributed by atoms with Crippen molar-refractivity contribution in [3.05, 3.63) is 41.6 Å². The molecule has 3 fully saturated rings. The Bertz CT molecular complexity index is 1200. The van der Waals surface area contributed by atoms with Crippen LogP contribution in [0.2, 0.25) is 0 Å². The number of piperidine rings is 2. The molecule has 3 saturated heterocycles. The summed E-state index contributed by atoms with van der Waals surface area (Å²) in [6, 6.07) is 5.25. The highest BCUT2D eigenvalue weighted by Gasteiger charge is 2.44. The third kappa shape index (κ3) is 5.90. The highest BCUT2D eigenvalue weighted by Crippen LogP contribution is 2.41. The molecule has 0 atom stereocenters. The summed E-state index contributed by atoms with van der Waals surface area (Å²) in [5.41, 5.74) is 0.544. The minimum absolute atomic E-state index is 0.131. The Morgan fingerprint density at radius 1 is 1.05 bits per heavy atom. The van der Waals surface area contributed by atoms with E-state index >= 15 is 0 Å². The van der Waals surface area contributed by atoms with Gasteiger partial charge >= 0.3 is 12.2 Å². The Hall–Kier alpha value is -3.15. The molecule has 0 saturated carbocycles. The van der Waals surface area contributed by atoms with E-state index in [1.165, 1.54) is 23.9 Å². The van der Waals surface area contributed by atoms with Gasteiger partial charge < -0.3 is 15.1 Å². The van der Waals surface area contributed by atoms with Crippen LogP contribution in [0.4, 0.5) is 33.9 Å². The van der Waals surface area contributed by atoms with E-state index in [0.717, 1.165) is 43.9 Å². The Kier molecular flexibility index (Phi) is 7.58. The number of nitrogens with zero attached hydrogens (tertiary/aromatic N) is 5. The number of likely N-dealkylation sites (tertiary alicyclic amines) is 2. The van der Waals surface area contributed by atoms with Crippen LogP contribution in [0.25, 0.3) is 0 Å². The molecule has 1 aromatic carbocycles. The summed E-state index contributed by atoms with van der Waals surface area (Å²) >= 11 is 0. The molecule has 4 heterocycles. The first-order valence-electron chi connectivity index (χ1n) is 13.5. The second-order valence-electron chi connectivity index (χ2n) is 10.8. The second kappa shape index (κ2) is 10.8. The van der Waals surface area contributed by atoms with Crippen molar-refractivity contribution in [1.29, 1.82) is 0 Å². The first-order valence-corrected chi connectivity index (χ1v) is 13.5. The lowest BCUT2D eigenvalue weighted by molar-refractivity contribution is -0.137. The first-order chi connectivity index (χ1) is 18.5. The van der Waals surface area contributed by atoms with Crippen molar-refractivity contribution in [2.24, 2.45) is 0 Å². The van der Waals surface area contributed by atoms with Crippen LogP contribution in [0.1, 0.15) is 56.6 Å². The van der Waals surface area contributed by atoms with Crippen LogP contribution in [0.3, 0.4) is 0 Å². The van der Waals surface area contributed by atoms with Gasteiger partial charge in [-0.05, 0) is 62.8 Å². The summed E-state index contributed by atoms with van der Waals surface area (Å²) in [6.07, 6.45) is 0.247. The molecule has 0 unspecified atom stereocenters. The van der Waals surface area contributed by atoms with Crippen molar-refractivity contribution in [2.45, 2.75) is 69.9 Å². The summed E-state index contributed by atoms with van der Waals surface area (Å²) in [4.78, 5) is 30.3. The smallest absolute Gasteiger partial charge is 0.371 e. The zero-order valence-corrected chi connectivity index (χ0v) is 22.0. The molecular weight excluding hydrogens is 516 g/mol. The van der Waals surface area contributed by atoms with Gasteiger partial charge in [0.05, 0.1) is 5.56 Å². The molecule has 1 spiro atoms. The summed E-state index contributed by atoms with van der Waals surface area (Å²) in [7, 11) is 0. The third-order valence-electron chi connectivity index (χ3n) is 8.33. The van der Waals surface area contributed by atoms with Crippen LogP contribution < -0.4 is 10.2 Å². The molecule has 12 heteroatoms. The molecule has 0 aliphatic carbocycles. The topological polar surface area (TPSA) is 73.7 Å². The van der Waals surface area contributed by atoms with Gasteiger partial charge in [0.25, 0.3) is 0 Å². The van der Waals surface area contributed by atoms with Gasteiger partial charge in [-0.2, -0.15) is 17.9 Å². The molecule has 0 radical (unpaired) electrons. The Morgan fingerprint density at radius 2 is 1.77 bits per heavy atom. The van der Waals surface area contributed by atoms with Gasteiger partial charge in [0, 0.05) is 63.1 Å². The van der Waals surface area contributed by atoms with Crippen molar-refractivity contribution < 1.29 is 27.2 Å². The molecule has 3 aliphatic rings. The summed E-state index contributed by atoms with van der Waals surface area (Å²) in [5.74, 6) is 0.0476. The zero-order chi connectivity index (χ0) is 27.8. The zero-order valence-electron chi connectivity index (χ0n) is 22.0. The van der Waals surface area contributed by atoms with E-state index in [4.69, 9.17) is 0 Å². The van der Waals surface area contributed by atoms with E-state index in [-0.39, 0.29) is 17.5 Å². The molecule has 1 aromatic heterocycles. The average Bonchev–Trinajstić information content (AvgIpc) is 3.51. The Balaban J connectivity index is 1.29. The molecule has 3 aliphatic heterocycles. The lowest BCUT2D eigenvalue weighted by Gasteiger charge is -2.45. The highest BCUT2D eigenvalue weighted by atomic mass is 19.4. The van der Waals surface area contributed by atoms with Crippen molar-refractivity contribution in [3.8, 4) is 0 Å². The number of anilines is 2. The number of benzene rings is 1. The van der Waals surface area contributed by atoms with Gasteiger partial charge in [0.15, 0.2) is 5.82 Å². The molecular formula is C27H34F4N6O2. The maximum Gasteiger partial charge on any atom is 0.416 e. The molecule has 2 aromatic rings. The fourth-order valence-corrected chi connectivity index (χ4v) is 6.21. The van der Waals surface area contributed by atoms with Crippen molar-refractivity contribution >= 4 is 23.4 Å². The van der Waals surface area contributed by atoms with Crippen LogP contribution in [0.15, 0.2) is 30.5 Å². The van der Waals surface area contributed by atoms with E-state index in [2.05, 4.69) is 15.3 Å². The molecule has 1 N–H and O–H groups in total. The molecule has 39 heavy (non-hydrogen) atoms. The standard InChI is InChI=1S/C27H34F4N6O2/c1-19(38)32-24-7-14-37(33-24)25(39)35-15-9-26(10-16-35)8-2-11-36(26)18-20-3-4-21(27(29,30)31)17-23(20)34-12-5-22(28)6-13-34/h3-4,7,14,17,22H,2,5-6,8-13,15-16,18H2,1H3,(H,32,33,38). The number of alkyl halides is 4. The van der Waals surface area contributed by atoms with E-state index in [1.807, 2.05) is 4.90 Å². The van der Waals surface area contributed by atoms with E-state index < -0.39 is 17.9 Å². The monoisotopic (exact) mass is 550 g/mol. The molecule has 8 nitrogen and oxygen atoms in total. The Labute approximate surface area is 224 Å². The van der Waals surface area contributed by atoms with Gasteiger partial charge in [0.2, 0.25) is 5.91 Å². The number of aromatic nitrogens is 2. The third-order valence-corrected chi connectivity index (χ3v) is 8.33. The molecule has 5 rings (SSSR count). The average molecular weight is 551 g/mol. The minimum atomic E-state index is -4.45. The fourth-order valence-electron chi connectivity index (χ4n) is 6.21.